The van der Waals surface area contributed by atoms with Crippen LogP contribution in [-0.2, 0) is 23.1 Å². The maximum Gasteiger partial charge on any atom is 0.258 e. The Labute approximate surface area is 172 Å². The minimum atomic E-state index is -0.842. The van der Waals surface area contributed by atoms with E-state index in [1.807, 2.05) is 13.0 Å². The van der Waals surface area contributed by atoms with Crippen molar-refractivity contribution in [3.8, 4) is 0 Å². The van der Waals surface area contributed by atoms with Gasteiger partial charge in [0.2, 0.25) is 11.8 Å². The Morgan fingerprint density at radius 3 is 2.83 bits per heavy atom. The molecular formula is C19H22N6O3S. The first-order valence-corrected chi connectivity index (χ1v) is 9.85. The number of carbonyl (C=O) groups excluding carboxylic acids is 3. The van der Waals surface area contributed by atoms with Crippen molar-refractivity contribution in [2.75, 3.05) is 18.0 Å². The van der Waals surface area contributed by atoms with Crippen LogP contribution in [0.5, 0.6) is 0 Å². The van der Waals surface area contributed by atoms with Gasteiger partial charge in [-0.1, -0.05) is 12.1 Å². The first-order valence-electron chi connectivity index (χ1n) is 9.44. The molecule has 152 valence electrons. The molecule has 1 atom stereocenters. The number of anilines is 1. The van der Waals surface area contributed by atoms with Gasteiger partial charge in [-0.2, -0.15) is 5.10 Å². The molecule has 3 heterocycles. The van der Waals surface area contributed by atoms with Crippen molar-refractivity contribution < 1.29 is 14.4 Å². The maximum absolute atomic E-state index is 13.1. The molecule has 9 nitrogen and oxygen atoms in total. The van der Waals surface area contributed by atoms with Gasteiger partial charge < -0.3 is 14.8 Å². The fraction of sp³-hybridized carbons (Fsp3) is 0.421. The van der Waals surface area contributed by atoms with Crippen LogP contribution < -0.4 is 10.2 Å². The predicted octanol–water partition coefficient (Wildman–Crippen LogP) is 1.14. The molecule has 1 aromatic heterocycles. The smallest absolute Gasteiger partial charge is 0.258 e. The third-order valence-electron chi connectivity index (χ3n) is 5.69. The highest BCUT2D eigenvalue weighted by Crippen LogP contribution is 2.43. The number of para-hydroxylation sites is 1. The van der Waals surface area contributed by atoms with E-state index in [0.29, 0.717) is 41.8 Å². The predicted molar refractivity (Wildman–Crippen MR) is 108 cm³/mol. The van der Waals surface area contributed by atoms with E-state index in [4.69, 9.17) is 12.2 Å². The zero-order valence-electron chi connectivity index (χ0n) is 16.3. The van der Waals surface area contributed by atoms with Crippen molar-refractivity contribution in [2.24, 2.45) is 7.05 Å². The summed E-state index contributed by atoms with van der Waals surface area (Å²) in [5, 5.41) is 9.65. The topological polar surface area (TPSA) is 103 Å². The van der Waals surface area contributed by atoms with Gasteiger partial charge in [-0.3, -0.25) is 24.4 Å². The average molecular weight is 414 g/mol. The second kappa shape index (κ2) is 7.11. The first-order chi connectivity index (χ1) is 13.8. The molecule has 0 spiro atoms. The summed E-state index contributed by atoms with van der Waals surface area (Å²) in [4.78, 5) is 41.4. The fourth-order valence-corrected chi connectivity index (χ4v) is 4.21. The number of aromatic nitrogens is 3. The molecule has 0 saturated carbocycles. The number of aromatic amines is 1. The second-order valence-corrected chi connectivity index (χ2v) is 7.85. The highest BCUT2D eigenvalue weighted by Gasteiger charge is 2.53. The van der Waals surface area contributed by atoms with E-state index in [1.54, 1.807) is 34.7 Å². The van der Waals surface area contributed by atoms with Crippen molar-refractivity contribution in [3.05, 3.63) is 40.4 Å². The number of fused-ring (bicyclic) bond motifs is 3. The number of carbonyl (C=O) groups is 3. The van der Waals surface area contributed by atoms with Gasteiger partial charge >= 0.3 is 0 Å². The van der Waals surface area contributed by atoms with E-state index in [-0.39, 0.29) is 24.3 Å². The van der Waals surface area contributed by atoms with Gasteiger partial charge in [-0.25, -0.2) is 0 Å². The molecule has 0 aliphatic carbocycles. The summed E-state index contributed by atoms with van der Waals surface area (Å²) in [5.41, 5.74) is 0.214. The molecule has 0 bridgehead atoms. The third-order valence-corrected chi connectivity index (χ3v) is 6.06. The number of hydrogen-bond acceptors (Lipinski definition) is 5. The molecule has 2 aliphatic rings. The average Bonchev–Trinajstić information content (AvgIpc) is 3.19. The van der Waals surface area contributed by atoms with Gasteiger partial charge in [0.25, 0.3) is 5.91 Å². The summed E-state index contributed by atoms with van der Waals surface area (Å²) in [6.07, 6.45) is 1.34. The summed E-state index contributed by atoms with van der Waals surface area (Å²) in [7, 11) is 1.80. The fourth-order valence-electron chi connectivity index (χ4n) is 4.06. The molecule has 1 fully saturated rings. The highest BCUT2D eigenvalue weighted by molar-refractivity contribution is 7.71. The molecule has 2 aromatic rings. The largest absolute Gasteiger partial charge is 0.354 e. The number of hydrogen-bond donors (Lipinski definition) is 2. The van der Waals surface area contributed by atoms with Crippen LogP contribution >= 0.6 is 12.2 Å². The van der Waals surface area contributed by atoms with Gasteiger partial charge in [0.1, 0.15) is 18.0 Å². The molecular weight excluding hydrogens is 392 g/mol. The lowest BCUT2D eigenvalue weighted by Gasteiger charge is -2.48. The Hall–Kier alpha value is -3.01. The number of benzene rings is 1. The molecule has 2 N–H and O–H groups in total. The summed E-state index contributed by atoms with van der Waals surface area (Å²) < 4.78 is 2.26. The Balaban J connectivity index is 1.49. The summed E-state index contributed by atoms with van der Waals surface area (Å²) >= 11 is 5.08. The van der Waals surface area contributed by atoms with E-state index < -0.39 is 5.66 Å². The van der Waals surface area contributed by atoms with Crippen LogP contribution in [0.25, 0.3) is 0 Å². The molecule has 1 aromatic carbocycles. The Morgan fingerprint density at radius 2 is 2.10 bits per heavy atom. The van der Waals surface area contributed by atoms with Crippen LogP contribution in [0.1, 0.15) is 35.9 Å². The van der Waals surface area contributed by atoms with Crippen LogP contribution in [0.3, 0.4) is 0 Å². The van der Waals surface area contributed by atoms with Gasteiger partial charge in [0.05, 0.1) is 11.3 Å². The second-order valence-electron chi connectivity index (χ2n) is 7.46. The van der Waals surface area contributed by atoms with Crippen molar-refractivity contribution in [1.82, 2.24) is 25.0 Å². The van der Waals surface area contributed by atoms with E-state index in [1.165, 1.54) is 4.90 Å². The Kier molecular flexibility index (Phi) is 4.73. The zero-order valence-corrected chi connectivity index (χ0v) is 17.1. The van der Waals surface area contributed by atoms with Crippen molar-refractivity contribution in [1.29, 1.82) is 0 Å². The minimum absolute atomic E-state index is 0.0383. The SMILES string of the molecule is Cn1c(CCNC(=O)CN2C(=O)c3ccccc3N3C(=O)CCC23C)n[nH]c1=S. The monoisotopic (exact) mass is 414 g/mol. The van der Waals surface area contributed by atoms with Crippen LogP contribution in [0.4, 0.5) is 5.69 Å². The quantitative estimate of drug-likeness (QED) is 0.714. The third kappa shape index (κ3) is 3.13. The number of amides is 3. The molecule has 2 aliphatic heterocycles. The maximum atomic E-state index is 13.1. The number of nitrogens with one attached hydrogen (secondary N) is 2. The van der Waals surface area contributed by atoms with Crippen LogP contribution in [0, 0.1) is 4.77 Å². The molecule has 0 radical (unpaired) electrons. The number of rotatable bonds is 5. The lowest BCUT2D eigenvalue weighted by atomic mass is 9.98. The number of H-pyrrole nitrogens is 1. The van der Waals surface area contributed by atoms with Crippen LogP contribution in [-0.4, -0.2) is 56.1 Å². The van der Waals surface area contributed by atoms with Crippen LogP contribution in [0.2, 0.25) is 0 Å². The zero-order chi connectivity index (χ0) is 20.8. The standard InChI is InChI=1S/C19H22N6O3S/c1-19-9-7-16(27)25(19)13-6-4-3-5-12(13)17(28)24(19)11-15(26)20-10-8-14-21-22-18(29)23(14)2/h3-6H,7-11H2,1-2H3,(H,20,26)(H,22,29). The highest BCUT2D eigenvalue weighted by atomic mass is 32.1. The summed E-state index contributed by atoms with van der Waals surface area (Å²) in [6.45, 7) is 2.09. The summed E-state index contributed by atoms with van der Waals surface area (Å²) in [5.74, 6) is 0.176. The lowest BCUT2D eigenvalue weighted by Crippen LogP contribution is -2.63. The Morgan fingerprint density at radius 1 is 1.34 bits per heavy atom. The van der Waals surface area contributed by atoms with E-state index in [2.05, 4.69) is 15.5 Å². The molecule has 1 unspecified atom stereocenters. The van der Waals surface area contributed by atoms with Crippen molar-refractivity contribution >= 4 is 35.6 Å². The van der Waals surface area contributed by atoms with Crippen LogP contribution in [0.15, 0.2) is 24.3 Å². The molecule has 3 amide bonds. The normalized spacial score (nSPS) is 20.6. The van der Waals surface area contributed by atoms with E-state index in [0.717, 1.165) is 5.82 Å². The Bertz CT molecular complexity index is 1060. The molecule has 4 rings (SSSR count). The van der Waals surface area contributed by atoms with Crippen molar-refractivity contribution in [3.63, 3.8) is 0 Å². The minimum Gasteiger partial charge on any atom is -0.354 e. The van der Waals surface area contributed by atoms with Crippen molar-refractivity contribution in [2.45, 2.75) is 31.8 Å². The van der Waals surface area contributed by atoms with Gasteiger partial charge in [-0.05, 0) is 37.7 Å². The van der Waals surface area contributed by atoms with Gasteiger partial charge in [-0.15, -0.1) is 0 Å². The summed E-state index contributed by atoms with van der Waals surface area (Å²) in [6, 6.07) is 7.04. The van der Waals surface area contributed by atoms with E-state index in [9.17, 15) is 14.4 Å². The van der Waals surface area contributed by atoms with E-state index >= 15 is 0 Å². The van der Waals surface area contributed by atoms with Gasteiger partial charge in [0.15, 0.2) is 4.77 Å². The molecule has 10 heteroatoms. The lowest BCUT2D eigenvalue weighted by molar-refractivity contribution is -0.123. The first kappa shape index (κ1) is 19.3. The molecule has 1 saturated heterocycles. The molecule has 29 heavy (non-hydrogen) atoms. The number of nitrogens with zero attached hydrogens (tertiary/aromatic N) is 4. The van der Waals surface area contributed by atoms with Gasteiger partial charge in [0, 0.05) is 26.4 Å².